The van der Waals surface area contributed by atoms with Crippen LogP contribution >= 0.6 is 11.6 Å². The lowest BCUT2D eigenvalue weighted by atomic mass is 10.1. The highest BCUT2D eigenvalue weighted by atomic mass is 35.5. The number of aliphatic carboxylic acids is 1. The third-order valence-electron chi connectivity index (χ3n) is 3.81. The van der Waals surface area contributed by atoms with Crippen LogP contribution in [0, 0.1) is 5.92 Å². The van der Waals surface area contributed by atoms with Crippen LogP contribution < -0.4 is 10.6 Å². The van der Waals surface area contributed by atoms with Crippen LogP contribution in [0.2, 0.25) is 5.02 Å². The van der Waals surface area contributed by atoms with E-state index in [9.17, 15) is 14.4 Å². The summed E-state index contributed by atoms with van der Waals surface area (Å²) in [4.78, 5) is 36.0. The lowest BCUT2D eigenvalue weighted by molar-refractivity contribution is -0.141. The van der Waals surface area contributed by atoms with Gasteiger partial charge in [0.05, 0.1) is 5.92 Å². The maximum atomic E-state index is 11.9. The molecule has 2 rings (SSSR count). The van der Waals surface area contributed by atoms with Gasteiger partial charge in [-0.1, -0.05) is 11.6 Å². The molecular weight excluding hydrogens is 334 g/mol. The number of rotatable bonds is 6. The molecule has 0 bridgehead atoms. The molecule has 0 aromatic heterocycles. The predicted molar refractivity (Wildman–Crippen MR) is 90.0 cm³/mol. The SMILES string of the molecule is O=C(CCCNC(=O)N1CCC(C(=O)O)C1)Nc1ccc(Cl)cc1. The molecule has 1 unspecified atom stereocenters. The van der Waals surface area contributed by atoms with Crippen molar-refractivity contribution in [3.05, 3.63) is 29.3 Å². The van der Waals surface area contributed by atoms with Gasteiger partial charge in [0, 0.05) is 36.8 Å². The van der Waals surface area contributed by atoms with Crippen molar-refractivity contribution < 1.29 is 19.5 Å². The lowest BCUT2D eigenvalue weighted by Gasteiger charge is -2.16. The van der Waals surface area contributed by atoms with Crippen molar-refractivity contribution in [3.8, 4) is 0 Å². The molecule has 24 heavy (non-hydrogen) atoms. The first-order chi connectivity index (χ1) is 11.5. The second-order valence-electron chi connectivity index (χ2n) is 5.66. The van der Waals surface area contributed by atoms with Crippen LogP contribution in [0.3, 0.4) is 0 Å². The summed E-state index contributed by atoms with van der Waals surface area (Å²) in [6.45, 7) is 1.04. The van der Waals surface area contributed by atoms with E-state index in [2.05, 4.69) is 10.6 Å². The van der Waals surface area contributed by atoms with Gasteiger partial charge in [0.15, 0.2) is 0 Å². The summed E-state index contributed by atoms with van der Waals surface area (Å²) < 4.78 is 0. The number of halogens is 1. The molecule has 1 aromatic carbocycles. The number of anilines is 1. The van der Waals surface area contributed by atoms with Crippen LogP contribution in [0.4, 0.5) is 10.5 Å². The number of amides is 3. The Labute approximate surface area is 145 Å². The molecule has 130 valence electrons. The summed E-state index contributed by atoms with van der Waals surface area (Å²) >= 11 is 5.77. The second-order valence-corrected chi connectivity index (χ2v) is 6.10. The zero-order valence-corrected chi connectivity index (χ0v) is 13.9. The van der Waals surface area contributed by atoms with E-state index < -0.39 is 11.9 Å². The standard InChI is InChI=1S/C16H20ClN3O4/c17-12-3-5-13(6-4-12)19-14(21)2-1-8-18-16(24)20-9-7-11(10-20)15(22)23/h3-6,11H,1-2,7-10H2,(H,18,24)(H,19,21)(H,22,23). The Hall–Kier alpha value is -2.28. The van der Waals surface area contributed by atoms with Crippen LogP contribution in [0.15, 0.2) is 24.3 Å². The van der Waals surface area contributed by atoms with Gasteiger partial charge in [-0.3, -0.25) is 9.59 Å². The van der Waals surface area contributed by atoms with Crippen LogP contribution in [0.1, 0.15) is 19.3 Å². The molecule has 0 spiro atoms. The molecule has 0 radical (unpaired) electrons. The Morgan fingerprint density at radius 2 is 1.96 bits per heavy atom. The van der Waals surface area contributed by atoms with Crippen molar-refractivity contribution in [2.45, 2.75) is 19.3 Å². The van der Waals surface area contributed by atoms with E-state index in [0.29, 0.717) is 36.6 Å². The molecule has 1 atom stereocenters. The highest BCUT2D eigenvalue weighted by Gasteiger charge is 2.30. The Kier molecular flexibility index (Phi) is 6.43. The molecule has 1 aliphatic heterocycles. The van der Waals surface area contributed by atoms with Gasteiger partial charge in [-0.25, -0.2) is 4.79 Å². The molecule has 1 fully saturated rings. The summed E-state index contributed by atoms with van der Waals surface area (Å²) in [6.07, 6.45) is 1.26. The van der Waals surface area contributed by atoms with E-state index in [0.717, 1.165) is 0 Å². The summed E-state index contributed by atoms with van der Waals surface area (Å²) in [5.74, 6) is -1.50. The summed E-state index contributed by atoms with van der Waals surface area (Å²) in [5.41, 5.74) is 0.671. The molecule has 1 saturated heterocycles. The highest BCUT2D eigenvalue weighted by Crippen LogP contribution is 2.16. The number of benzene rings is 1. The van der Waals surface area contributed by atoms with Crippen molar-refractivity contribution in [3.63, 3.8) is 0 Å². The fourth-order valence-electron chi connectivity index (χ4n) is 2.46. The first-order valence-electron chi connectivity index (χ1n) is 7.76. The summed E-state index contributed by atoms with van der Waals surface area (Å²) in [6, 6.07) is 6.54. The van der Waals surface area contributed by atoms with E-state index in [1.807, 2.05) is 0 Å². The average molecular weight is 354 g/mol. The monoisotopic (exact) mass is 353 g/mol. The number of carboxylic acid groups (broad SMARTS) is 1. The molecule has 3 N–H and O–H groups in total. The van der Waals surface area contributed by atoms with Crippen LogP contribution in [0.5, 0.6) is 0 Å². The predicted octanol–water partition coefficient (Wildman–Crippen LogP) is 2.17. The Balaban J connectivity index is 1.62. The fraction of sp³-hybridized carbons (Fsp3) is 0.438. The first kappa shape index (κ1) is 18.1. The number of urea groups is 1. The number of hydrogen-bond donors (Lipinski definition) is 3. The van der Waals surface area contributed by atoms with E-state index in [1.54, 1.807) is 24.3 Å². The number of hydrogen-bond acceptors (Lipinski definition) is 3. The normalized spacial score (nSPS) is 16.7. The molecule has 1 aromatic rings. The first-order valence-corrected chi connectivity index (χ1v) is 8.14. The fourth-order valence-corrected chi connectivity index (χ4v) is 2.59. The largest absolute Gasteiger partial charge is 0.481 e. The van der Waals surface area contributed by atoms with E-state index in [1.165, 1.54) is 4.90 Å². The minimum Gasteiger partial charge on any atom is -0.481 e. The Morgan fingerprint density at radius 1 is 1.25 bits per heavy atom. The number of likely N-dealkylation sites (tertiary alicyclic amines) is 1. The quantitative estimate of drug-likeness (QED) is 0.682. The number of carboxylic acids is 1. The maximum Gasteiger partial charge on any atom is 0.317 e. The Bertz CT molecular complexity index is 606. The van der Waals surface area contributed by atoms with Crippen LogP contribution in [-0.2, 0) is 9.59 Å². The second kappa shape index (κ2) is 8.54. The topological polar surface area (TPSA) is 98.7 Å². The van der Waals surface area contributed by atoms with Gasteiger partial charge >= 0.3 is 12.0 Å². The molecule has 7 nitrogen and oxygen atoms in total. The summed E-state index contributed by atoms with van der Waals surface area (Å²) in [7, 11) is 0. The molecular formula is C16H20ClN3O4. The molecule has 1 heterocycles. The van der Waals surface area contributed by atoms with Crippen molar-refractivity contribution in [1.82, 2.24) is 10.2 Å². The molecule has 3 amide bonds. The molecule has 8 heteroatoms. The van der Waals surface area contributed by atoms with Gasteiger partial charge in [-0.05, 0) is 37.1 Å². The van der Waals surface area contributed by atoms with Crippen molar-refractivity contribution in [1.29, 1.82) is 0 Å². The van der Waals surface area contributed by atoms with Gasteiger partial charge in [0.1, 0.15) is 0 Å². The highest BCUT2D eigenvalue weighted by molar-refractivity contribution is 6.30. The maximum absolute atomic E-state index is 11.9. The number of carbonyl (C=O) groups is 3. The zero-order chi connectivity index (χ0) is 17.5. The van der Waals surface area contributed by atoms with Gasteiger partial charge in [-0.2, -0.15) is 0 Å². The minimum absolute atomic E-state index is 0.140. The van der Waals surface area contributed by atoms with Gasteiger partial charge in [0.25, 0.3) is 0 Å². The van der Waals surface area contributed by atoms with Crippen molar-refractivity contribution in [2.24, 2.45) is 5.92 Å². The smallest absolute Gasteiger partial charge is 0.317 e. The van der Waals surface area contributed by atoms with Gasteiger partial charge in [-0.15, -0.1) is 0 Å². The van der Waals surface area contributed by atoms with Crippen LogP contribution in [-0.4, -0.2) is 47.5 Å². The van der Waals surface area contributed by atoms with E-state index in [4.69, 9.17) is 16.7 Å². The van der Waals surface area contributed by atoms with Gasteiger partial charge in [0.2, 0.25) is 5.91 Å². The molecule has 1 aliphatic rings. The van der Waals surface area contributed by atoms with E-state index >= 15 is 0 Å². The average Bonchev–Trinajstić information content (AvgIpc) is 3.04. The van der Waals surface area contributed by atoms with E-state index in [-0.39, 0.29) is 24.9 Å². The minimum atomic E-state index is -0.871. The lowest BCUT2D eigenvalue weighted by Crippen LogP contribution is -2.39. The summed E-state index contributed by atoms with van der Waals surface area (Å²) in [5, 5.41) is 15.0. The number of carbonyl (C=O) groups excluding carboxylic acids is 2. The molecule has 0 aliphatic carbocycles. The third kappa shape index (κ3) is 5.42. The van der Waals surface area contributed by atoms with Gasteiger partial charge < -0.3 is 20.6 Å². The number of nitrogens with zero attached hydrogens (tertiary/aromatic N) is 1. The third-order valence-corrected chi connectivity index (χ3v) is 4.06. The molecule has 0 saturated carbocycles. The van der Waals surface area contributed by atoms with Crippen molar-refractivity contribution >= 4 is 35.2 Å². The zero-order valence-electron chi connectivity index (χ0n) is 13.1. The number of nitrogens with one attached hydrogen (secondary N) is 2. The Morgan fingerprint density at radius 3 is 2.58 bits per heavy atom. The van der Waals surface area contributed by atoms with Crippen LogP contribution in [0.25, 0.3) is 0 Å². The van der Waals surface area contributed by atoms with Crippen molar-refractivity contribution in [2.75, 3.05) is 25.0 Å².